The van der Waals surface area contributed by atoms with Crippen molar-refractivity contribution in [3.05, 3.63) is 24.2 Å². The van der Waals surface area contributed by atoms with E-state index in [0.29, 0.717) is 16.6 Å². The molecule has 1 aliphatic heterocycles. The minimum absolute atomic E-state index is 0.0282. The fourth-order valence-electron chi connectivity index (χ4n) is 4.20. The highest BCUT2D eigenvalue weighted by Gasteiger charge is 2.51. The van der Waals surface area contributed by atoms with Gasteiger partial charge in [0.05, 0.1) is 18.2 Å². The number of aliphatic hydroxyl groups excluding tert-OH is 1. The quantitative estimate of drug-likeness (QED) is 0.619. The average Bonchev–Trinajstić information content (AvgIpc) is 3.36. The molecule has 0 radical (unpaired) electrons. The Morgan fingerprint density at radius 2 is 1.69 bits per heavy atom. The van der Waals surface area contributed by atoms with E-state index in [9.17, 15) is 14.7 Å². The second kappa shape index (κ2) is 8.79. The summed E-state index contributed by atoms with van der Waals surface area (Å²) < 4.78 is 24.6. The van der Waals surface area contributed by atoms with Crippen LogP contribution in [0.3, 0.4) is 0 Å². The Hall–Kier alpha value is -3.09. The smallest absolute Gasteiger partial charge is 0.425 e. The first kappa shape index (κ1) is 26.0. The lowest BCUT2D eigenvalue weighted by molar-refractivity contribution is -0.148. The Balaban J connectivity index is 1.78. The molecule has 2 aromatic rings. The SMILES string of the molecule is CC(C)(C)OC(=O)N(C(=O)OC(C)(C)C)c1ncnc2c1cnn2[C@@H]1C=C(CO)[C@H]2OC(C)(C)O[C@H]21. The summed E-state index contributed by atoms with van der Waals surface area (Å²) in [6.45, 7) is 13.6. The summed E-state index contributed by atoms with van der Waals surface area (Å²) in [5.74, 6) is -0.866. The molecule has 4 rings (SSSR count). The summed E-state index contributed by atoms with van der Waals surface area (Å²) in [6.07, 6.45) is 1.76. The Bertz CT molecular complexity index is 1180. The highest BCUT2D eigenvalue weighted by Crippen LogP contribution is 2.43. The van der Waals surface area contributed by atoms with Crippen molar-refractivity contribution < 1.29 is 33.6 Å². The molecular formula is C24H33N5O7. The lowest BCUT2D eigenvalue weighted by Gasteiger charge is -2.28. The van der Waals surface area contributed by atoms with Crippen LogP contribution in [0.2, 0.25) is 0 Å². The summed E-state index contributed by atoms with van der Waals surface area (Å²) in [7, 11) is 0. The summed E-state index contributed by atoms with van der Waals surface area (Å²) >= 11 is 0. The van der Waals surface area contributed by atoms with Crippen molar-refractivity contribution in [3.63, 3.8) is 0 Å². The zero-order chi connectivity index (χ0) is 26.6. The zero-order valence-corrected chi connectivity index (χ0v) is 21.8. The predicted octanol–water partition coefficient (Wildman–Crippen LogP) is 3.50. The number of ether oxygens (including phenoxy) is 4. The number of aliphatic hydroxyl groups is 1. The van der Waals surface area contributed by atoms with Gasteiger partial charge in [0.15, 0.2) is 17.3 Å². The van der Waals surface area contributed by atoms with E-state index in [1.54, 1.807) is 60.1 Å². The normalized spacial score (nSPS) is 23.4. The second-order valence-electron chi connectivity index (χ2n) is 11.2. The number of rotatable bonds is 3. The lowest BCUT2D eigenvalue weighted by Crippen LogP contribution is -2.44. The molecule has 2 amide bonds. The standard InChI is InChI=1S/C24H33N5O7/c1-22(2,3)35-20(31)28(21(32)36-23(4,5)6)18-14-10-27-29(19(14)26-12-25-18)15-9-13(11-30)16-17(15)34-24(7,8)33-16/h9-10,12,15-17,30H,11H2,1-8H3/t15-,16-,17+/m1/s1. The lowest BCUT2D eigenvalue weighted by atomic mass is 10.1. The molecule has 0 unspecified atom stereocenters. The third kappa shape index (κ3) is 5.06. The molecule has 2 aromatic heterocycles. The van der Waals surface area contributed by atoms with Crippen LogP contribution < -0.4 is 4.90 Å². The number of carbonyl (C=O) groups excluding carboxylic acids is 2. The maximum Gasteiger partial charge on any atom is 0.425 e. The minimum Gasteiger partial charge on any atom is -0.443 e. The van der Waals surface area contributed by atoms with Gasteiger partial charge in [0.1, 0.15) is 35.8 Å². The number of hydrogen-bond donors (Lipinski definition) is 1. The molecule has 0 saturated carbocycles. The Morgan fingerprint density at radius 3 is 2.25 bits per heavy atom. The maximum absolute atomic E-state index is 13.1. The first-order chi connectivity index (χ1) is 16.6. The number of carbonyl (C=O) groups is 2. The minimum atomic E-state index is -0.942. The molecule has 1 aliphatic carbocycles. The zero-order valence-electron chi connectivity index (χ0n) is 21.8. The number of amides is 2. The van der Waals surface area contributed by atoms with Gasteiger partial charge in [0, 0.05) is 0 Å². The van der Waals surface area contributed by atoms with Crippen LogP contribution in [0.25, 0.3) is 11.0 Å². The van der Waals surface area contributed by atoms with Crippen molar-refractivity contribution in [2.45, 2.75) is 90.6 Å². The monoisotopic (exact) mass is 503 g/mol. The molecule has 0 aromatic carbocycles. The molecule has 196 valence electrons. The van der Waals surface area contributed by atoms with Crippen LogP contribution in [-0.2, 0) is 18.9 Å². The topological polar surface area (TPSA) is 138 Å². The molecule has 1 saturated heterocycles. The van der Waals surface area contributed by atoms with E-state index in [4.69, 9.17) is 18.9 Å². The van der Waals surface area contributed by atoms with E-state index in [1.165, 1.54) is 12.5 Å². The van der Waals surface area contributed by atoms with Crippen molar-refractivity contribution in [1.29, 1.82) is 0 Å². The van der Waals surface area contributed by atoms with Crippen molar-refractivity contribution in [2.24, 2.45) is 0 Å². The van der Waals surface area contributed by atoms with E-state index in [1.807, 2.05) is 6.08 Å². The highest BCUT2D eigenvalue weighted by atomic mass is 16.8. The molecular weight excluding hydrogens is 470 g/mol. The van der Waals surface area contributed by atoms with Gasteiger partial charge in [-0.05, 0) is 61.0 Å². The van der Waals surface area contributed by atoms with Crippen LogP contribution in [0.4, 0.5) is 15.4 Å². The van der Waals surface area contributed by atoms with Crippen molar-refractivity contribution in [1.82, 2.24) is 19.7 Å². The fraction of sp³-hybridized carbons (Fsp3) is 0.625. The van der Waals surface area contributed by atoms with Crippen LogP contribution in [0.15, 0.2) is 24.2 Å². The van der Waals surface area contributed by atoms with Gasteiger partial charge in [-0.1, -0.05) is 6.08 Å². The van der Waals surface area contributed by atoms with Crippen LogP contribution >= 0.6 is 0 Å². The van der Waals surface area contributed by atoms with Gasteiger partial charge in [-0.25, -0.2) is 24.2 Å². The third-order valence-electron chi connectivity index (χ3n) is 5.41. The molecule has 1 fully saturated rings. The van der Waals surface area contributed by atoms with Gasteiger partial charge in [-0.15, -0.1) is 0 Å². The molecule has 36 heavy (non-hydrogen) atoms. The predicted molar refractivity (Wildman–Crippen MR) is 128 cm³/mol. The summed E-state index contributed by atoms with van der Waals surface area (Å²) in [5.41, 5.74) is -0.711. The molecule has 3 heterocycles. The van der Waals surface area contributed by atoms with E-state index < -0.39 is 47.4 Å². The van der Waals surface area contributed by atoms with Gasteiger partial charge >= 0.3 is 12.2 Å². The largest absolute Gasteiger partial charge is 0.443 e. The third-order valence-corrected chi connectivity index (χ3v) is 5.41. The molecule has 12 heteroatoms. The van der Waals surface area contributed by atoms with Crippen LogP contribution in [0.1, 0.15) is 61.4 Å². The van der Waals surface area contributed by atoms with E-state index in [0.717, 1.165) is 4.90 Å². The van der Waals surface area contributed by atoms with Gasteiger partial charge in [-0.3, -0.25) is 0 Å². The number of hydrogen-bond acceptors (Lipinski definition) is 10. The Kier molecular flexibility index (Phi) is 6.34. The van der Waals surface area contributed by atoms with Crippen LogP contribution in [0, 0.1) is 0 Å². The number of fused-ring (bicyclic) bond motifs is 2. The number of nitrogens with zero attached hydrogens (tertiary/aromatic N) is 5. The van der Waals surface area contributed by atoms with Gasteiger partial charge in [-0.2, -0.15) is 10.00 Å². The van der Waals surface area contributed by atoms with E-state index >= 15 is 0 Å². The van der Waals surface area contributed by atoms with Crippen LogP contribution in [-0.4, -0.2) is 72.8 Å². The van der Waals surface area contributed by atoms with E-state index in [2.05, 4.69) is 15.1 Å². The summed E-state index contributed by atoms with van der Waals surface area (Å²) in [6, 6.07) is -0.448. The van der Waals surface area contributed by atoms with Crippen LogP contribution in [0.5, 0.6) is 0 Å². The average molecular weight is 504 g/mol. The maximum atomic E-state index is 13.1. The molecule has 3 atom stereocenters. The number of anilines is 1. The number of aromatic nitrogens is 4. The van der Waals surface area contributed by atoms with E-state index in [-0.39, 0.29) is 12.4 Å². The van der Waals surface area contributed by atoms with Crippen molar-refractivity contribution in [2.75, 3.05) is 11.5 Å². The van der Waals surface area contributed by atoms with Crippen molar-refractivity contribution >= 4 is 29.0 Å². The summed E-state index contributed by atoms with van der Waals surface area (Å²) in [4.78, 5) is 35.6. The molecule has 12 nitrogen and oxygen atoms in total. The molecule has 1 N–H and O–H groups in total. The van der Waals surface area contributed by atoms with Gasteiger partial charge in [0.25, 0.3) is 0 Å². The first-order valence-corrected chi connectivity index (χ1v) is 11.7. The fourth-order valence-corrected chi connectivity index (χ4v) is 4.20. The first-order valence-electron chi connectivity index (χ1n) is 11.7. The molecule has 2 aliphatic rings. The summed E-state index contributed by atoms with van der Waals surface area (Å²) in [5, 5.41) is 14.7. The van der Waals surface area contributed by atoms with Crippen molar-refractivity contribution in [3.8, 4) is 0 Å². The van der Waals surface area contributed by atoms with Gasteiger partial charge in [0.2, 0.25) is 0 Å². The Labute approximate surface area is 209 Å². The molecule has 0 spiro atoms. The highest BCUT2D eigenvalue weighted by molar-refractivity contribution is 6.13. The Morgan fingerprint density at radius 1 is 1.08 bits per heavy atom. The number of imide groups is 1. The molecule has 0 bridgehead atoms. The second-order valence-corrected chi connectivity index (χ2v) is 11.2. The van der Waals surface area contributed by atoms with Gasteiger partial charge < -0.3 is 24.1 Å².